The molecule has 1 amide bonds. The van der Waals surface area contributed by atoms with Gasteiger partial charge in [-0.15, -0.1) is 12.4 Å². The molecule has 3 aromatic rings. The lowest BCUT2D eigenvalue weighted by Crippen LogP contribution is -2.45. The molecule has 2 aliphatic rings. The predicted octanol–water partition coefficient (Wildman–Crippen LogP) is 5.01. The molecule has 2 heterocycles. The Morgan fingerprint density at radius 2 is 2.00 bits per heavy atom. The topological polar surface area (TPSA) is 71.4 Å². The number of fused-ring (bicyclic) bond motifs is 2. The first-order valence-electron chi connectivity index (χ1n) is 11.7. The van der Waals surface area contributed by atoms with Gasteiger partial charge in [-0.3, -0.25) is 9.69 Å². The second-order valence-corrected chi connectivity index (χ2v) is 9.34. The number of hydrogen-bond acceptors (Lipinski definition) is 3. The number of hydrogen-bond donors (Lipinski definition) is 2. The van der Waals surface area contributed by atoms with Crippen molar-refractivity contribution in [2.24, 2.45) is 11.7 Å². The number of aromatic amines is 1. The number of aromatic nitrogens is 1. The van der Waals surface area contributed by atoms with Gasteiger partial charge in [-0.2, -0.15) is 0 Å². The number of carbonyl (C=O) groups excluding carboxylic acids is 1. The number of nitrogens with two attached hydrogens (primary N) is 1. The standard InChI is InChI=1S/C26H29F2N3O2.ClH/c27-18-6-9-24-21(11-18)17(13-30-24)3-1-2-10-31(14-16-4-5-16)19-12-22-20(26(29)32)7-8-23(28)25(22)33-15-19;/h6-9,11,13,16,19,30H,1-5,10,12,14-15H2,(H2,29,32);1H. The summed E-state index contributed by atoms with van der Waals surface area (Å²) in [6.07, 6.45) is 7.85. The lowest BCUT2D eigenvalue weighted by atomic mass is 9.95. The molecule has 8 heteroatoms. The second-order valence-electron chi connectivity index (χ2n) is 9.34. The third-order valence-corrected chi connectivity index (χ3v) is 6.91. The second kappa shape index (κ2) is 10.3. The van der Waals surface area contributed by atoms with E-state index in [2.05, 4.69) is 9.88 Å². The highest BCUT2D eigenvalue weighted by atomic mass is 35.5. The molecule has 34 heavy (non-hydrogen) atoms. The fraction of sp³-hybridized carbons (Fsp3) is 0.423. The van der Waals surface area contributed by atoms with E-state index in [9.17, 15) is 13.6 Å². The minimum Gasteiger partial charge on any atom is -0.489 e. The molecule has 0 radical (unpaired) electrons. The number of H-pyrrole nitrogens is 1. The van der Waals surface area contributed by atoms with Crippen LogP contribution in [0.2, 0.25) is 0 Å². The monoisotopic (exact) mass is 489 g/mol. The Labute approximate surface area is 204 Å². The van der Waals surface area contributed by atoms with Crippen LogP contribution in [-0.2, 0) is 12.8 Å². The number of carbonyl (C=O) groups is 1. The number of nitrogens with zero attached hydrogens (tertiary/aromatic N) is 1. The Kier molecular flexibility index (Phi) is 7.43. The molecule has 0 saturated heterocycles. The number of aryl methyl sites for hydroxylation is 1. The third-order valence-electron chi connectivity index (χ3n) is 6.91. The van der Waals surface area contributed by atoms with Crippen molar-refractivity contribution in [3.8, 4) is 5.75 Å². The molecule has 1 aliphatic carbocycles. The minimum absolute atomic E-state index is 0. The van der Waals surface area contributed by atoms with Crippen LogP contribution in [0.25, 0.3) is 10.9 Å². The highest BCUT2D eigenvalue weighted by Gasteiger charge is 2.33. The van der Waals surface area contributed by atoms with E-state index in [1.54, 1.807) is 12.1 Å². The maximum atomic E-state index is 14.3. The molecule has 1 aliphatic heterocycles. The average Bonchev–Trinajstić information content (AvgIpc) is 3.54. The van der Waals surface area contributed by atoms with Crippen molar-refractivity contribution in [3.63, 3.8) is 0 Å². The third kappa shape index (κ3) is 5.20. The van der Waals surface area contributed by atoms with Crippen molar-refractivity contribution in [2.75, 3.05) is 19.7 Å². The average molecular weight is 490 g/mol. The molecule has 5 rings (SSSR count). The van der Waals surface area contributed by atoms with Crippen molar-refractivity contribution in [1.82, 2.24) is 9.88 Å². The molecule has 5 nitrogen and oxygen atoms in total. The summed E-state index contributed by atoms with van der Waals surface area (Å²) in [5, 5.41) is 0.947. The summed E-state index contributed by atoms with van der Waals surface area (Å²) in [6.45, 7) is 2.29. The summed E-state index contributed by atoms with van der Waals surface area (Å²) in [5.41, 5.74) is 8.55. The normalized spacial score (nSPS) is 17.3. The number of nitrogens with one attached hydrogen (secondary N) is 1. The van der Waals surface area contributed by atoms with Gasteiger partial charge in [-0.05, 0) is 86.9 Å². The number of halogens is 3. The highest BCUT2D eigenvalue weighted by molar-refractivity contribution is 5.95. The van der Waals surface area contributed by atoms with Gasteiger partial charge in [0.1, 0.15) is 12.4 Å². The summed E-state index contributed by atoms with van der Waals surface area (Å²) in [5.74, 6) is -0.355. The van der Waals surface area contributed by atoms with Gasteiger partial charge >= 0.3 is 0 Å². The molecule has 182 valence electrons. The molecular formula is C26H30ClF2N3O2. The maximum absolute atomic E-state index is 14.3. The smallest absolute Gasteiger partial charge is 0.249 e. The Balaban J connectivity index is 0.00000274. The molecule has 1 aromatic heterocycles. The van der Waals surface area contributed by atoms with E-state index < -0.39 is 11.7 Å². The molecule has 1 saturated carbocycles. The highest BCUT2D eigenvalue weighted by Crippen LogP contribution is 2.35. The van der Waals surface area contributed by atoms with Gasteiger partial charge in [0, 0.05) is 40.8 Å². The van der Waals surface area contributed by atoms with Crippen LogP contribution in [-0.4, -0.2) is 41.5 Å². The SMILES string of the molecule is Cl.NC(=O)c1ccc(F)c2c1CC(N(CCCCc1c[nH]c3ccc(F)cc13)CC1CC1)CO2. The van der Waals surface area contributed by atoms with Crippen molar-refractivity contribution in [1.29, 1.82) is 0 Å². The number of benzene rings is 2. The van der Waals surface area contributed by atoms with E-state index in [1.807, 2.05) is 6.20 Å². The lowest BCUT2D eigenvalue weighted by Gasteiger charge is -2.36. The number of unbranched alkanes of at least 4 members (excludes halogenated alkanes) is 1. The van der Waals surface area contributed by atoms with Gasteiger partial charge in [-0.1, -0.05) is 0 Å². The minimum atomic E-state index is -0.556. The Morgan fingerprint density at radius 3 is 2.76 bits per heavy atom. The van der Waals surface area contributed by atoms with Crippen LogP contribution in [0, 0.1) is 17.6 Å². The van der Waals surface area contributed by atoms with Crippen LogP contribution in [0.3, 0.4) is 0 Å². The van der Waals surface area contributed by atoms with Crippen LogP contribution in [0.4, 0.5) is 8.78 Å². The van der Waals surface area contributed by atoms with Crippen LogP contribution in [0.1, 0.15) is 47.2 Å². The van der Waals surface area contributed by atoms with E-state index in [1.165, 1.54) is 31.0 Å². The van der Waals surface area contributed by atoms with Crippen molar-refractivity contribution < 1.29 is 18.3 Å². The number of ether oxygens (including phenoxy) is 1. The summed E-state index contributed by atoms with van der Waals surface area (Å²) in [6, 6.07) is 7.62. The van der Waals surface area contributed by atoms with E-state index >= 15 is 0 Å². The molecule has 3 N–H and O–H groups in total. The summed E-state index contributed by atoms with van der Waals surface area (Å²) in [7, 11) is 0. The Bertz CT molecular complexity index is 1180. The molecule has 1 atom stereocenters. The molecule has 2 aromatic carbocycles. The van der Waals surface area contributed by atoms with E-state index in [0.717, 1.165) is 48.8 Å². The summed E-state index contributed by atoms with van der Waals surface area (Å²) in [4.78, 5) is 17.5. The van der Waals surface area contributed by atoms with E-state index in [4.69, 9.17) is 10.5 Å². The van der Waals surface area contributed by atoms with Gasteiger partial charge in [-0.25, -0.2) is 8.78 Å². The molecular weight excluding hydrogens is 460 g/mol. The molecule has 0 bridgehead atoms. The number of rotatable bonds is 9. The molecule has 1 fully saturated rings. The molecule has 1 unspecified atom stereocenters. The zero-order valence-corrected chi connectivity index (χ0v) is 19.8. The predicted molar refractivity (Wildman–Crippen MR) is 131 cm³/mol. The van der Waals surface area contributed by atoms with Crippen LogP contribution < -0.4 is 10.5 Å². The number of primary amides is 1. The van der Waals surface area contributed by atoms with Gasteiger partial charge in [0.2, 0.25) is 5.91 Å². The fourth-order valence-corrected chi connectivity index (χ4v) is 4.94. The van der Waals surface area contributed by atoms with Gasteiger partial charge in [0.05, 0.1) is 0 Å². The Morgan fingerprint density at radius 1 is 1.18 bits per heavy atom. The van der Waals surface area contributed by atoms with E-state index in [-0.39, 0.29) is 30.0 Å². The largest absolute Gasteiger partial charge is 0.489 e. The van der Waals surface area contributed by atoms with Gasteiger partial charge in [0.15, 0.2) is 11.6 Å². The van der Waals surface area contributed by atoms with Crippen LogP contribution in [0.5, 0.6) is 5.75 Å². The molecule has 0 spiro atoms. The van der Waals surface area contributed by atoms with Crippen LogP contribution >= 0.6 is 12.4 Å². The van der Waals surface area contributed by atoms with Crippen LogP contribution in [0.15, 0.2) is 36.5 Å². The van der Waals surface area contributed by atoms with E-state index in [0.29, 0.717) is 30.1 Å². The first-order chi connectivity index (χ1) is 16.0. The fourth-order valence-electron chi connectivity index (χ4n) is 4.94. The first-order valence-corrected chi connectivity index (χ1v) is 11.7. The zero-order valence-electron chi connectivity index (χ0n) is 19.0. The lowest BCUT2D eigenvalue weighted by molar-refractivity contribution is 0.0979. The number of amides is 1. The first kappa shape index (κ1) is 24.5. The van der Waals surface area contributed by atoms with Gasteiger partial charge < -0.3 is 15.5 Å². The van der Waals surface area contributed by atoms with Crippen molar-refractivity contribution >= 4 is 29.2 Å². The summed E-state index contributed by atoms with van der Waals surface area (Å²) < 4.78 is 33.7. The Hall–Kier alpha value is -2.64. The zero-order chi connectivity index (χ0) is 22.9. The summed E-state index contributed by atoms with van der Waals surface area (Å²) >= 11 is 0. The quantitative estimate of drug-likeness (QED) is 0.415. The van der Waals surface area contributed by atoms with Gasteiger partial charge in [0.25, 0.3) is 0 Å². The van der Waals surface area contributed by atoms with Crippen molar-refractivity contribution in [2.45, 2.75) is 44.6 Å². The van der Waals surface area contributed by atoms with Crippen molar-refractivity contribution in [3.05, 3.63) is 64.9 Å². The maximum Gasteiger partial charge on any atom is 0.249 e.